The Kier molecular flexibility index (Phi) is 4.70. The Bertz CT molecular complexity index is 951. The molecule has 7 heteroatoms. The second-order valence-corrected chi connectivity index (χ2v) is 8.68. The summed E-state index contributed by atoms with van der Waals surface area (Å²) in [6.45, 7) is 8.13. The number of halogens is 1. The number of urea groups is 1. The van der Waals surface area contributed by atoms with Gasteiger partial charge in [0.05, 0.1) is 5.52 Å². The highest BCUT2D eigenvalue weighted by molar-refractivity contribution is 6.31. The lowest BCUT2D eigenvalue weighted by molar-refractivity contribution is -0.127. The van der Waals surface area contributed by atoms with Crippen LogP contribution in [-0.2, 0) is 4.79 Å². The van der Waals surface area contributed by atoms with Gasteiger partial charge in [-0.25, -0.2) is 9.78 Å². The van der Waals surface area contributed by atoms with Gasteiger partial charge in [0, 0.05) is 30.0 Å². The van der Waals surface area contributed by atoms with Crippen LogP contribution in [0.5, 0.6) is 0 Å². The number of piperidine rings is 1. The van der Waals surface area contributed by atoms with Crippen LogP contribution in [0.25, 0.3) is 10.9 Å². The minimum atomic E-state index is -0.729. The molecule has 0 bridgehead atoms. The summed E-state index contributed by atoms with van der Waals surface area (Å²) >= 11 is 6.14. The lowest BCUT2D eigenvalue weighted by Crippen LogP contribution is -2.57. The van der Waals surface area contributed by atoms with Gasteiger partial charge in [-0.2, -0.15) is 0 Å². The van der Waals surface area contributed by atoms with Crippen molar-refractivity contribution < 1.29 is 9.59 Å². The third-order valence-electron chi connectivity index (χ3n) is 5.83. The van der Waals surface area contributed by atoms with Crippen LogP contribution in [0.15, 0.2) is 24.3 Å². The van der Waals surface area contributed by atoms with Gasteiger partial charge >= 0.3 is 6.03 Å². The number of fused-ring (bicyclic) bond motifs is 1. The number of benzene rings is 1. The van der Waals surface area contributed by atoms with Crippen LogP contribution in [-0.4, -0.2) is 47.0 Å². The molecule has 0 aliphatic carbocycles. The SMILES string of the molecule is Cc1cc(N2CCC3(CC2)C(=O)NC(=O)N3CC(C)C)nc2cc(Cl)ccc12. The molecule has 6 nitrogen and oxygen atoms in total. The summed E-state index contributed by atoms with van der Waals surface area (Å²) in [6, 6.07) is 7.57. The van der Waals surface area contributed by atoms with E-state index in [2.05, 4.69) is 37.1 Å². The molecule has 2 aliphatic rings. The highest BCUT2D eigenvalue weighted by Crippen LogP contribution is 2.36. The van der Waals surface area contributed by atoms with Crippen LogP contribution < -0.4 is 10.2 Å². The number of nitrogens with zero attached hydrogens (tertiary/aromatic N) is 3. The number of rotatable bonds is 3. The third kappa shape index (κ3) is 3.09. The molecule has 2 fully saturated rings. The van der Waals surface area contributed by atoms with E-state index in [0.717, 1.165) is 22.3 Å². The van der Waals surface area contributed by atoms with Crippen LogP contribution in [0.4, 0.5) is 10.6 Å². The Morgan fingerprint density at radius 3 is 2.61 bits per heavy atom. The second-order valence-electron chi connectivity index (χ2n) is 8.24. The molecule has 1 aromatic heterocycles. The highest BCUT2D eigenvalue weighted by Gasteiger charge is 2.54. The summed E-state index contributed by atoms with van der Waals surface area (Å²) in [5.41, 5.74) is 1.29. The van der Waals surface area contributed by atoms with Crippen molar-refractivity contribution in [2.45, 2.75) is 39.2 Å². The molecule has 3 amide bonds. The van der Waals surface area contributed by atoms with Crippen molar-refractivity contribution in [1.29, 1.82) is 0 Å². The summed E-state index contributed by atoms with van der Waals surface area (Å²) in [4.78, 5) is 33.7. The number of pyridine rings is 1. The maximum absolute atomic E-state index is 12.6. The van der Waals surface area contributed by atoms with Crippen molar-refractivity contribution in [2.24, 2.45) is 5.92 Å². The van der Waals surface area contributed by atoms with Gasteiger partial charge in [0.2, 0.25) is 0 Å². The van der Waals surface area contributed by atoms with Crippen LogP contribution in [0.3, 0.4) is 0 Å². The van der Waals surface area contributed by atoms with Crippen molar-refractivity contribution >= 4 is 40.3 Å². The van der Waals surface area contributed by atoms with Crippen molar-refractivity contribution in [3.8, 4) is 0 Å². The van der Waals surface area contributed by atoms with E-state index in [9.17, 15) is 9.59 Å². The van der Waals surface area contributed by atoms with Crippen molar-refractivity contribution in [3.05, 3.63) is 34.9 Å². The highest BCUT2D eigenvalue weighted by atomic mass is 35.5. The van der Waals surface area contributed by atoms with Crippen LogP contribution in [0.1, 0.15) is 32.3 Å². The molecule has 148 valence electrons. The summed E-state index contributed by atoms with van der Waals surface area (Å²) in [5, 5.41) is 4.28. The molecule has 0 saturated carbocycles. The standard InChI is InChI=1S/C21H25ClN4O2/c1-13(2)12-26-20(28)24-19(27)21(26)6-8-25(9-7-21)18-10-14(3)16-5-4-15(22)11-17(16)23-18/h4-5,10-11,13H,6-9,12H2,1-3H3,(H,24,27,28). The zero-order valence-corrected chi connectivity index (χ0v) is 17.2. The molecule has 28 heavy (non-hydrogen) atoms. The smallest absolute Gasteiger partial charge is 0.325 e. The second kappa shape index (κ2) is 6.92. The Hall–Kier alpha value is -2.34. The Labute approximate surface area is 169 Å². The fourth-order valence-electron chi connectivity index (χ4n) is 4.34. The molecule has 2 saturated heterocycles. The number of hydrogen-bond donors (Lipinski definition) is 1. The lowest BCUT2D eigenvalue weighted by Gasteiger charge is -2.43. The Morgan fingerprint density at radius 1 is 1.21 bits per heavy atom. The van der Waals surface area contributed by atoms with Gasteiger partial charge in [0.25, 0.3) is 5.91 Å². The largest absolute Gasteiger partial charge is 0.356 e. The number of amides is 3. The minimum Gasteiger partial charge on any atom is -0.356 e. The lowest BCUT2D eigenvalue weighted by atomic mass is 9.85. The molecule has 4 rings (SSSR count). The molecule has 3 heterocycles. The molecule has 1 aromatic carbocycles. The first kappa shape index (κ1) is 19.0. The fourth-order valence-corrected chi connectivity index (χ4v) is 4.51. The zero-order valence-electron chi connectivity index (χ0n) is 16.5. The molecule has 2 aliphatic heterocycles. The van der Waals surface area contributed by atoms with Crippen LogP contribution >= 0.6 is 11.6 Å². The number of carbonyl (C=O) groups is 2. The molecule has 0 atom stereocenters. The minimum absolute atomic E-state index is 0.160. The molecule has 0 radical (unpaired) electrons. The van der Waals surface area contributed by atoms with Gasteiger partial charge in [0.1, 0.15) is 11.4 Å². The Morgan fingerprint density at radius 2 is 1.93 bits per heavy atom. The van der Waals surface area contributed by atoms with Crippen molar-refractivity contribution in [2.75, 3.05) is 24.5 Å². The van der Waals surface area contributed by atoms with Gasteiger partial charge in [-0.05, 0) is 49.4 Å². The van der Waals surface area contributed by atoms with E-state index in [4.69, 9.17) is 16.6 Å². The van der Waals surface area contributed by atoms with Gasteiger partial charge < -0.3 is 9.80 Å². The van der Waals surface area contributed by atoms with Crippen LogP contribution in [0, 0.1) is 12.8 Å². The first-order chi connectivity index (χ1) is 13.3. The van der Waals surface area contributed by atoms with Crippen molar-refractivity contribution in [3.63, 3.8) is 0 Å². The molecular weight excluding hydrogens is 376 g/mol. The van der Waals surface area contributed by atoms with Gasteiger partial charge in [-0.1, -0.05) is 31.5 Å². The number of nitrogens with one attached hydrogen (secondary N) is 1. The normalized spacial score (nSPS) is 19.2. The van der Waals surface area contributed by atoms with Gasteiger partial charge in [0.15, 0.2) is 0 Å². The average molecular weight is 401 g/mol. The average Bonchev–Trinajstić information content (AvgIpc) is 2.85. The topological polar surface area (TPSA) is 65.5 Å². The monoisotopic (exact) mass is 400 g/mol. The molecule has 2 aromatic rings. The number of carbonyl (C=O) groups excluding carboxylic acids is 2. The summed E-state index contributed by atoms with van der Waals surface area (Å²) in [7, 11) is 0. The quantitative estimate of drug-likeness (QED) is 0.797. The fraction of sp³-hybridized carbons (Fsp3) is 0.476. The summed E-state index contributed by atoms with van der Waals surface area (Å²) in [6.07, 6.45) is 1.21. The Balaban J connectivity index is 1.59. The summed E-state index contributed by atoms with van der Waals surface area (Å²) < 4.78 is 0. The van der Waals surface area contributed by atoms with E-state index < -0.39 is 5.54 Å². The zero-order chi connectivity index (χ0) is 20.1. The van der Waals surface area contributed by atoms with Gasteiger partial charge in [-0.3, -0.25) is 10.1 Å². The van der Waals surface area contributed by atoms with E-state index in [1.807, 2.05) is 18.2 Å². The van der Waals surface area contributed by atoms with E-state index in [1.54, 1.807) is 4.90 Å². The van der Waals surface area contributed by atoms with E-state index in [-0.39, 0.29) is 11.9 Å². The molecule has 1 N–H and O–H groups in total. The maximum atomic E-state index is 12.6. The predicted octanol–water partition coefficient (Wildman–Crippen LogP) is 3.74. The first-order valence-corrected chi connectivity index (χ1v) is 10.1. The van der Waals surface area contributed by atoms with Crippen LogP contribution in [0.2, 0.25) is 5.02 Å². The van der Waals surface area contributed by atoms with Crippen molar-refractivity contribution in [1.82, 2.24) is 15.2 Å². The number of anilines is 1. The maximum Gasteiger partial charge on any atom is 0.325 e. The number of aryl methyl sites for hydroxylation is 1. The predicted molar refractivity (Wildman–Crippen MR) is 111 cm³/mol. The third-order valence-corrected chi connectivity index (χ3v) is 6.07. The molecule has 0 unspecified atom stereocenters. The van der Waals surface area contributed by atoms with E-state index in [0.29, 0.717) is 43.4 Å². The summed E-state index contributed by atoms with van der Waals surface area (Å²) in [5.74, 6) is 1.04. The first-order valence-electron chi connectivity index (χ1n) is 9.75. The molecular formula is C21H25ClN4O2. The van der Waals surface area contributed by atoms with E-state index >= 15 is 0 Å². The number of imide groups is 1. The number of aromatic nitrogens is 1. The molecule has 1 spiro atoms. The number of hydrogen-bond acceptors (Lipinski definition) is 4. The van der Waals surface area contributed by atoms with Gasteiger partial charge in [-0.15, -0.1) is 0 Å². The van der Waals surface area contributed by atoms with E-state index in [1.165, 1.54) is 0 Å².